The summed E-state index contributed by atoms with van der Waals surface area (Å²) in [6.45, 7) is 7.28. The molecular formula is C14H22N2O3S. The number of anilines is 1. The van der Waals surface area contributed by atoms with Crippen LogP contribution in [0.5, 0.6) is 0 Å². The Morgan fingerprint density at radius 1 is 1.30 bits per heavy atom. The normalized spacial score (nSPS) is 11.7. The van der Waals surface area contributed by atoms with Crippen molar-refractivity contribution in [2.24, 2.45) is 0 Å². The SMILES string of the molecule is CCS(=O)(=O)NCC(=O)Nc1c(C)cccc1C(C)C. The predicted molar refractivity (Wildman–Crippen MR) is 81.4 cm³/mol. The lowest BCUT2D eigenvalue weighted by molar-refractivity contribution is -0.115. The second-order valence-electron chi connectivity index (χ2n) is 4.97. The Bertz CT molecular complexity index is 580. The molecule has 0 unspecified atom stereocenters. The van der Waals surface area contributed by atoms with Gasteiger partial charge in [-0.3, -0.25) is 4.79 Å². The zero-order valence-electron chi connectivity index (χ0n) is 12.4. The average Bonchev–Trinajstić information content (AvgIpc) is 2.38. The number of benzene rings is 1. The lowest BCUT2D eigenvalue weighted by atomic mass is 9.98. The third-order valence-electron chi connectivity index (χ3n) is 3.02. The van der Waals surface area contributed by atoms with Crippen LogP contribution in [0.3, 0.4) is 0 Å². The van der Waals surface area contributed by atoms with E-state index in [4.69, 9.17) is 0 Å². The van der Waals surface area contributed by atoms with E-state index in [0.717, 1.165) is 16.8 Å². The Balaban J connectivity index is 2.81. The van der Waals surface area contributed by atoms with Crippen LogP contribution in [0.2, 0.25) is 0 Å². The first-order chi connectivity index (χ1) is 9.26. The van der Waals surface area contributed by atoms with Gasteiger partial charge in [0.2, 0.25) is 15.9 Å². The molecule has 1 rings (SSSR count). The minimum atomic E-state index is -3.35. The zero-order valence-corrected chi connectivity index (χ0v) is 13.2. The van der Waals surface area contributed by atoms with E-state index in [2.05, 4.69) is 10.0 Å². The van der Waals surface area contributed by atoms with E-state index in [9.17, 15) is 13.2 Å². The van der Waals surface area contributed by atoms with Crippen LogP contribution >= 0.6 is 0 Å². The van der Waals surface area contributed by atoms with Crippen LogP contribution in [0, 0.1) is 6.92 Å². The summed E-state index contributed by atoms with van der Waals surface area (Å²) in [7, 11) is -3.35. The van der Waals surface area contributed by atoms with Gasteiger partial charge in [-0.15, -0.1) is 0 Å². The number of rotatable bonds is 6. The van der Waals surface area contributed by atoms with Crippen molar-refractivity contribution in [3.05, 3.63) is 29.3 Å². The number of amides is 1. The molecule has 0 aliphatic carbocycles. The van der Waals surface area contributed by atoms with E-state index in [1.807, 2.05) is 39.0 Å². The van der Waals surface area contributed by atoms with Gasteiger partial charge in [0.1, 0.15) is 0 Å². The van der Waals surface area contributed by atoms with Gasteiger partial charge in [-0.2, -0.15) is 0 Å². The number of carbonyl (C=O) groups excluding carboxylic acids is 1. The maximum Gasteiger partial charge on any atom is 0.239 e. The predicted octanol–water partition coefficient (Wildman–Crippen LogP) is 2.00. The van der Waals surface area contributed by atoms with Gasteiger partial charge in [0, 0.05) is 5.69 Å². The van der Waals surface area contributed by atoms with Crippen LogP contribution in [-0.2, 0) is 14.8 Å². The Morgan fingerprint density at radius 3 is 2.50 bits per heavy atom. The maximum atomic E-state index is 11.9. The zero-order chi connectivity index (χ0) is 15.3. The standard InChI is InChI=1S/C14H22N2O3S/c1-5-20(18,19)15-9-13(17)16-14-11(4)7-6-8-12(14)10(2)3/h6-8,10,15H,5,9H2,1-4H3,(H,16,17). The quantitative estimate of drug-likeness (QED) is 0.843. The molecular weight excluding hydrogens is 276 g/mol. The third kappa shape index (κ3) is 4.61. The summed E-state index contributed by atoms with van der Waals surface area (Å²) in [5, 5.41) is 2.79. The van der Waals surface area contributed by atoms with Crippen molar-refractivity contribution in [3.8, 4) is 0 Å². The van der Waals surface area contributed by atoms with Crippen molar-refractivity contribution in [3.63, 3.8) is 0 Å². The lowest BCUT2D eigenvalue weighted by Crippen LogP contribution is -2.34. The van der Waals surface area contributed by atoms with Crippen LogP contribution in [-0.4, -0.2) is 26.6 Å². The Kier molecular flexibility index (Phi) is 5.71. The lowest BCUT2D eigenvalue weighted by Gasteiger charge is -2.16. The highest BCUT2D eigenvalue weighted by Crippen LogP contribution is 2.27. The second-order valence-corrected chi connectivity index (χ2v) is 7.06. The monoisotopic (exact) mass is 298 g/mol. The van der Waals surface area contributed by atoms with Gasteiger partial charge in [-0.25, -0.2) is 13.1 Å². The number of carbonyl (C=O) groups is 1. The molecule has 0 fully saturated rings. The largest absolute Gasteiger partial charge is 0.324 e. The van der Waals surface area contributed by atoms with Gasteiger partial charge in [0.05, 0.1) is 12.3 Å². The molecule has 1 amide bonds. The van der Waals surface area contributed by atoms with E-state index in [0.29, 0.717) is 0 Å². The van der Waals surface area contributed by atoms with Crippen molar-refractivity contribution in [1.29, 1.82) is 0 Å². The average molecular weight is 298 g/mol. The van der Waals surface area contributed by atoms with Crippen LogP contribution in [0.15, 0.2) is 18.2 Å². The number of hydrogen-bond acceptors (Lipinski definition) is 3. The molecule has 0 saturated heterocycles. The van der Waals surface area contributed by atoms with Crippen LogP contribution < -0.4 is 10.0 Å². The Morgan fingerprint density at radius 2 is 1.95 bits per heavy atom. The molecule has 0 bridgehead atoms. The molecule has 0 radical (unpaired) electrons. The van der Waals surface area contributed by atoms with Gasteiger partial charge in [-0.1, -0.05) is 32.0 Å². The second kappa shape index (κ2) is 6.85. The van der Waals surface area contributed by atoms with Crippen molar-refractivity contribution in [1.82, 2.24) is 4.72 Å². The number of sulfonamides is 1. The minimum absolute atomic E-state index is 0.0398. The highest BCUT2D eigenvalue weighted by atomic mass is 32.2. The molecule has 0 saturated carbocycles. The van der Waals surface area contributed by atoms with Crippen LogP contribution in [0.1, 0.15) is 37.8 Å². The summed E-state index contributed by atoms with van der Waals surface area (Å²) in [6.07, 6.45) is 0. The third-order valence-corrected chi connectivity index (χ3v) is 4.37. The first kappa shape index (κ1) is 16.7. The molecule has 0 heterocycles. The highest BCUT2D eigenvalue weighted by Gasteiger charge is 2.14. The molecule has 0 atom stereocenters. The summed E-state index contributed by atoms with van der Waals surface area (Å²) in [4.78, 5) is 11.9. The van der Waals surface area contributed by atoms with Gasteiger partial charge in [-0.05, 0) is 30.9 Å². The molecule has 0 aliphatic heterocycles. The summed E-state index contributed by atoms with van der Waals surface area (Å²) in [5.74, 6) is -0.127. The summed E-state index contributed by atoms with van der Waals surface area (Å²) in [6, 6.07) is 5.82. The molecule has 0 aromatic heterocycles. The molecule has 5 nitrogen and oxygen atoms in total. The molecule has 2 N–H and O–H groups in total. The van der Waals surface area contributed by atoms with Crippen LogP contribution in [0.25, 0.3) is 0 Å². The molecule has 1 aromatic carbocycles. The smallest absolute Gasteiger partial charge is 0.239 e. The Labute approximate surface area is 120 Å². The van der Waals surface area contributed by atoms with Gasteiger partial charge < -0.3 is 5.32 Å². The number of aryl methyl sites for hydroxylation is 1. The topological polar surface area (TPSA) is 75.3 Å². The van der Waals surface area contributed by atoms with Crippen LogP contribution in [0.4, 0.5) is 5.69 Å². The number of nitrogens with one attached hydrogen (secondary N) is 2. The molecule has 6 heteroatoms. The van der Waals surface area contributed by atoms with Gasteiger partial charge >= 0.3 is 0 Å². The summed E-state index contributed by atoms with van der Waals surface area (Å²) < 4.78 is 24.9. The van der Waals surface area contributed by atoms with E-state index < -0.39 is 10.0 Å². The van der Waals surface area contributed by atoms with Gasteiger partial charge in [0.15, 0.2) is 0 Å². The van der Waals surface area contributed by atoms with Crippen molar-refractivity contribution >= 4 is 21.6 Å². The number of hydrogen-bond donors (Lipinski definition) is 2. The summed E-state index contributed by atoms with van der Waals surface area (Å²) >= 11 is 0. The van der Waals surface area contributed by atoms with Crippen molar-refractivity contribution < 1.29 is 13.2 Å². The van der Waals surface area contributed by atoms with Gasteiger partial charge in [0.25, 0.3) is 0 Å². The maximum absolute atomic E-state index is 11.9. The fourth-order valence-corrected chi connectivity index (χ4v) is 2.36. The Hall–Kier alpha value is -1.40. The van der Waals surface area contributed by atoms with Crippen molar-refractivity contribution in [2.45, 2.75) is 33.6 Å². The first-order valence-electron chi connectivity index (χ1n) is 6.63. The summed E-state index contributed by atoms with van der Waals surface area (Å²) in [5.41, 5.74) is 2.77. The molecule has 1 aromatic rings. The fourth-order valence-electron chi connectivity index (χ4n) is 1.80. The molecule has 0 spiro atoms. The van der Waals surface area contributed by atoms with E-state index in [1.54, 1.807) is 0 Å². The molecule has 112 valence electrons. The first-order valence-corrected chi connectivity index (χ1v) is 8.28. The molecule has 20 heavy (non-hydrogen) atoms. The van der Waals surface area contributed by atoms with E-state index in [-0.39, 0.29) is 24.1 Å². The fraction of sp³-hybridized carbons (Fsp3) is 0.500. The van der Waals surface area contributed by atoms with E-state index >= 15 is 0 Å². The molecule has 0 aliphatic rings. The van der Waals surface area contributed by atoms with E-state index in [1.165, 1.54) is 6.92 Å². The van der Waals surface area contributed by atoms with Crippen molar-refractivity contribution in [2.75, 3.05) is 17.6 Å². The highest BCUT2D eigenvalue weighted by molar-refractivity contribution is 7.89. The minimum Gasteiger partial charge on any atom is -0.324 e. The number of para-hydroxylation sites is 1.